The molecule has 1 rings (SSSR count). The summed E-state index contributed by atoms with van der Waals surface area (Å²) in [5.41, 5.74) is 0. The van der Waals surface area contributed by atoms with Crippen LogP contribution in [0.15, 0.2) is 0 Å². The second kappa shape index (κ2) is 3.90. The third-order valence-electron chi connectivity index (χ3n) is 2.69. The van der Waals surface area contributed by atoms with Crippen molar-refractivity contribution >= 4 is 5.97 Å². The summed E-state index contributed by atoms with van der Waals surface area (Å²) >= 11 is 0. The first-order valence-electron chi connectivity index (χ1n) is 4.59. The zero-order valence-electron chi connectivity index (χ0n) is 7.79. The van der Waals surface area contributed by atoms with E-state index in [4.69, 9.17) is 5.11 Å². The van der Waals surface area contributed by atoms with E-state index in [1.54, 1.807) is 0 Å². The van der Waals surface area contributed by atoms with E-state index < -0.39 is 5.97 Å². The number of rotatable bonds is 2. The highest BCUT2D eigenvalue weighted by Crippen LogP contribution is 2.21. The second-order valence-electron chi connectivity index (χ2n) is 3.70. The first-order chi connectivity index (χ1) is 5.61. The number of hydrogen-bond acceptors (Lipinski definition) is 2. The normalized spacial score (nSPS) is 31.8. The molecule has 0 bridgehead atoms. The molecule has 0 aromatic carbocycles. The van der Waals surface area contributed by atoms with Crippen molar-refractivity contribution in [3.05, 3.63) is 0 Å². The molecule has 0 amide bonds. The van der Waals surface area contributed by atoms with Crippen molar-refractivity contribution in [2.45, 2.75) is 45.2 Å². The highest BCUT2D eigenvalue weighted by atomic mass is 16.4. The molecule has 1 heterocycles. The summed E-state index contributed by atoms with van der Waals surface area (Å²) in [6.07, 6.45) is 3.51. The Morgan fingerprint density at radius 2 is 1.92 bits per heavy atom. The molecule has 1 aliphatic rings. The van der Waals surface area contributed by atoms with E-state index in [0.29, 0.717) is 12.1 Å². The molecule has 1 aliphatic heterocycles. The fourth-order valence-corrected chi connectivity index (χ4v) is 1.94. The first-order valence-corrected chi connectivity index (χ1v) is 4.59. The Bertz CT molecular complexity index is 160. The molecule has 70 valence electrons. The molecule has 0 spiro atoms. The molecule has 2 atom stereocenters. The van der Waals surface area contributed by atoms with Gasteiger partial charge in [0, 0.05) is 12.1 Å². The van der Waals surface area contributed by atoms with E-state index in [0.717, 1.165) is 12.8 Å². The lowest BCUT2D eigenvalue weighted by molar-refractivity contribution is -0.140. The van der Waals surface area contributed by atoms with E-state index in [1.807, 2.05) is 0 Å². The minimum atomic E-state index is -0.712. The van der Waals surface area contributed by atoms with E-state index in [1.165, 1.54) is 6.42 Å². The lowest BCUT2D eigenvalue weighted by atomic mass is 9.98. The zero-order chi connectivity index (χ0) is 9.14. The van der Waals surface area contributed by atoms with Crippen LogP contribution in [0.3, 0.4) is 0 Å². The Hall–Kier alpha value is -0.570. The summed E-state index contributed by atoms with van der Waals surface area (Å²) in [5, 5.41) is 8.66. The SMILES string of the molecule is CC1CCCC(C)N1CC(=O)O. The number of piperidine rings is 1. The number of aliphatic carboxylic acids is 1. The van der Waals surface area contributed by atoms with Gasteiger partial charge in [0.1, 0.15) is 0 Å². The van der Waals surface area contributed by atoms with Crippen molar-refractivity contribution in [2.24, 2.45) is 0 Å². The van der Waals surface area contributed by atoms with Crippen molar-refractivity contribution < 1.29 is 9.90 Å². The summed E-state index contributed by atoms with van der Waals surface area (Å²) in [6, 6.07) is 0.870. The molecule has 0 aromatic heterocycles. The van der Waals surface area contributed by atoms with Gasteiger partial charge in [0.25, 0.3) is 0 Å². The predicted molar refractivity (Wildman–Crippen MR) is 47.1 cm³/mol. The maximum Gasteiger partial charge on any atom is 0.317 e. The Morgan fingerprint density at radius 1 is 1.42 bits per heavy atom. The van der Waals surface area contributed by atoms with Gasteiger partial charge in [0.05, 0.1) is 6.54 Å². The Morgan fingerprint density at radius 3 is 2.33 bits per heavy atom. The Labute approximate surface area is 73.4 Å². The minimum Gasteiger partial charge on any atom is -0.480 e. The van der Waals surface area contributed by atoms with Crippen LogP contribution in [0.1, 0.15) is 33.1 Å². The number of carboxylic acids is 1. The van der Waals surface area contributed by atoms with Crippen LogP contribution in [-0.2, 0) is 4.79 Å². The molecule has 2 unspecified atom stereocenters. The summed E-state index contributed by atoms with van der Waals surface area (Å²) in [7, 11) is 0. The quantitative estimate of drug-likeness (QED) is 0.681. The van der Waals surface area contributed by atoms with Crippen LogP contribution in [0.2, 0.25) is 0 Å². The van der Waals surface area contributed by atoms with Crippen LogP contribution in [-0.4, -0.2) is 34.6 Å². The third kappa shape index (κ3) is 2.21. The van der Waals surface area contributed by atoms with Gasteiger partial charge in [-0.1, -0.05) is 6.42 Å². The minimum absolute atomic E-state index is 0.197. The van der Waals surface area contributed by atoms with Gasteiger partial charge in [0.15, 0.2) is 0 Å². The number of hydrogen-bond donors (Lipinski definition) is 1. The second-order valence-corrected chi connectivity index (χ2v) is 3.70. The van der Waals surface area contributed by atoms with E-state index in [9.17, 15) is 4.79 Å². The maximum absolute atomic E-state index is 10.5. The summed E-state index contributed by atoms with van der Waals surface area (Å²) in [6.45, 7) is 4.42. The molecule has 3 heteroatoms. The highest BCUT2D eigenvalue weighted by molar-refractivity contribution is 5.69. The fourth-order valence-electron chi connectivity index (χ4n) is 1.94. The molecule has 3 nitrogen and oxygen atoms in total. The maximum atomic E-state index is 10.5. The molecule has 0 aromatic rings. The smallest absolute Gasteiger partial charge is 0.317 e. The molecule has 0 aliphatic carbocycles. The molecule has 12 heavy (non-hydrogen) atoms. The average molecular weight is 171 g/mol. The van der Waals surface area contributed by atoms with Crippen molar-refractivity contribution in [3.8, 4) is 0 Å². The van der Waals surface area contributed by atoms with Crippen LogP contribution < -0.4 is 0 Å². The summed E-state index contributed by atoms with van der Waals surface area (Å²) < 4.78 is 0. The first kappa shape index (κ1) is 9.52. The lowest BCUT2D eigenvalue weighted by Crippen LogP contribution is -2.46. The van der Waals surface area contributed by atoms with Gasteiger partial charge in [-0.3, -0.25) is 9.69 Å². The molecule has 1 saturated heterocycles. The zero-order valence-corrected chi connectivity index (χ0v) is 7.79. The number of carboxylic acid groups (broad SMARTS) is 1. The summed E-state index contributed by atoms with van der Waals surface area (Å²) in [5.74, 6) is -0.712. The fraction of sp³-hybridized carbons (Fsp3) is 0.889. The molecule has 0 radical (unpaired) electrons. The molecule has 1 fully saturated rings. The molecular weight excluding hydrogens is 154 g/mol. The van der Waals surface area contributed by atoms with Gasteiger partial charge < -0.3 is 5.11 Å². The predicted octanol–water partition coefficient (Wildman–Crippen LogP) is 1.33. The highest BCUT2D eigenvalue weighted by Gasteiger charge is 2.25. The molecule has 1 N–H and O–H groups in total. The standard InChI is InChI=1S/C9H17NO2/c1-7-4-3-5-8(2)10(7)6-9(11)12/h7-8H,3-6H2,1-2H3,(H,11,12). The molecular formula is C9H17NO2. The van der Waals surface area contributed by atoms with Gasteiger partial charge >= 0.3 is 5.97 Å². The van der Waals surface area contributed by atoms with Gasteiger partial charge in [0.2, 0.25) is 0 Å². The van der Waals surface area contributed by atoms with Crippen LogP contribution in [0.25, 0.3) is 0 Å². The molecule has 0 saturated carbocycles. The third-order valence-corrected chi connectivity index (χ3v) is 2.69. The van der Waals surface area contributed by atoms with E-state index in [2.05, 4.69) is 18.7 Å². The van der Waals surface area contributed by atoms with Crippen molar-refractivity contribution in [1.82, 2.24) is 4.90 Å². The van der Waals surface area contributed by atoms with E-state index >= 15 is 0 Å². The van der Waals surface area contributed by atoms with Crippen LogP contribution in [0.4, 0.5) is 0 Å². The van der Waals surface area contributed by atoms with Crippen molar-refractivity contribution in [2.75, 3.05) is 6.54 Å². The van der Waals surface area contributed by atoms with Crippen LogP contribution in [0, 0.1) is 0 Å². The number of carbonyl (C=O) groups is 1. The topological polar surface area (TPSA) is 40.5 Å². The monoisotopic (exact) mass is 171 g/mol. The van der Waals surface area contributed by atoms with Crippen LogP contribution in [0.5, 0.6) is 0 Å². The van der Waals surface area contributed by atoms with E-state index in [-0.39, 0.29) is 6.54 Å². The number of likely N-dealkylation sites (tertiary alicyclic amines) is 1. The lowest BCUT2D eigenvalue weighted by Gasteiger charge is -2.37. The van der Waals surface area contributed by atoms with Crippen molar-refractivity contribution in [1.29, 1.82) is 0 Å². The largest absolute Gasteiger partial charge is 0.480 e. The van der Waals surface area contributed by atoms with Crippen molar-refractivity contribution in [3.63, 3.8) is 0 Å². The Balaban J connectivity index is 2.50. The van der Waals surface area contributed by atoms with Gasteiger partial charge in [-0.25, -0.2) is 0 Å². The number of nitrogens with zero attached hydrogens (tertiary/aromatic N) is 1. The average Bonchev–Trinajstić information content (AvgIpc) is 1.97. The van der Waals surface area contributed by atoms with Crippen LogP contribution >= 0.6 is 0 Å². The summed E-state index contributed by atoms with van der Waals surface area (Å²) in [4.78, 5) is 12.6. The van der Waals surface area contributed by atoms with Gasteiger partial charge in [-0.15, -0.1) is 0 Å². The van der Waals surface area contributed by atoms with Gasteiger partial charge in [-0.2, -0.15) is 0 Å². The van der Waals surface area contributed by atoms with Gasteiger partial charge in [-0.05, 0) is 26.7 Å². The Kier molecular flexibility index (Phi) is 3.09.